The number of carbonyl (C=O) groups excluding carboxylic acids is 1. The Hall–Kier alpha value is -2.41. The molecular formula is C12H13N3O4. The zero-order valence-corrected chi connectivity index (χ0v) is 10.2. The molecule has 0 saturated carbocycles. The van der Waals surface area contributed by atoms with Gasteiger partial charge in [-0.15, -0.1) is 0 Å². The van der Waals surface area contributed by atoms with Gasteiger partial charge in [0.2, 0.25) is 0 Å². The van der Waals surface area contributed by atoms with E-state index < -0.39 is 24.0 Å². The number of H-pyrrole nitrogens is 1. The van der Waals surface area contributed by atoms with Gasteiger partial charge < -0.3 is 15.5 Å². The molecule has 1 heterocycles. The minimum atomic E-state index is -2.01. The van der Waals surface area contributed by atoms with Crippen molar-refractivity contribution in [2.24, 2.45) is 0 Å². The highest BCUT2D eigenvalue weighted by Gasteiger charge is 2.30. The summed E-state index contributed by atoms with van der Waals surface area (Å²) in [5.74, 6) is -1.95. The Kier molecular flexibility index (Phi) is 3.22. The maximum absolute atomic E-state index is 11.9. The standard InChI is InChI=1S/C12H13N3O4/c1-12(19,11(17)18)6-13-10(16)9-7-4-2-3-5-8(7)14-15-9/h2-5,19H,6H2,1H3,(H,13,16)(H,14,15)(H,17,18). The molecule has 100 valence electrons. The fourth-order valence-corrected chi connectivity index (χ4v) is 1.55. The first-order valence-corrected chi connectivity index (χ1v) is 5.59. The summed E-state index contributed by atoms with van der Waals surface area (Å²) in [7, 11) is 0. The van der Waals surface area contributed by atoms with Crippen molar-refractivity contribution in [2.75, 3.05) is 6.54 Å². The van der Waals surface area contributed by atoms with Crippen LogP contribution >= 0.6 is 0 Å². The summed E-state index contributed by atoms with van der Waals surface area (Å²) < 4.78 is 0. The van der Waals surface area contributed by atoms with Crippen LogP contribution < -0.4 is 5.32 Å². The zero-order chi connectivity index (χ0) is 14.0. The molecule has 2 rings (SSSR count). The van der Waals surface area contributed by atoms with Gasteiger partial charge in [0.15, 0.2) is 11.3 Å². The van der Waals surface area contributed by atoms with Crippen LogP contribution in [0.1, 0.15) is 17.4 Å². The number of aliphatic hydroxyl groups is 1. The minimum absolute atomic E-state index is 0.164. The van der Waals surface area contributed by atoms with Crippen molar-refractivity contribution in [1.29, 1.82) is 0 Å². The van der Waals surface area contributed by atoms with Gasteiger partial charge in [-0.1, -0.05) is 18.2 Å². The average Bonchev–Trinajstić information content (AvgIpc) is 2.79. The number of hydrogen-bond acceptors (Lipinski definition) is 4. The van der Waals surface area contributed by atoms with Crippen LogP contribution in [0, 0.1) is 0 Å². The summed E-state index contributed by atoms with van der Waals surface area (Å²) in [6.07, 6.45) is 0. The van der Waals surface area contributed by atoms with Crippen LogP contribution in [-0.4, -0.2) is 44.4 Å². The fraction of sp³-hybridized carbons (Fsp3) is 0.250. The van der Waals surface area contributed by atoms with Gasteiger partial charge in [0.05, 0.1) is 12.1 Å². The highest BCUT2D eigenvalue weighted by atomic mass is 16.4. The monoisotopic (exact) mass is 263 g/mol. The van der Waals surface area contributed by atoms with E-state index in [0.29, 0.717) is 10.9 Å². The molecule has 0 aliphatic carbocycles. The number of nitrogens with zero attached hydrogens (tertiary/aromatic N) is 1. The van der Waals surface area contributed by atoms with Crippen LogP contribution in [0.2, 0.25) is 0 Å². The minimum Gasteiger partial charge on any atom is -0.479 e. The summed E-state index contributed by atoms with van der Waals surface area (Å²) in [5, 5.41) is 27.8. The van der Waals surface area contributed by atoms with E-state index in [-0.39, 0.29) is 5.69 Å². The SMILES string of the molecule is CC(O)(CNC(=O)c1n[nH]c2ccccc12)C(=O)O. The number of rotatable bonds is 4. The van der Waals surface area contributed by atoms with Crippen molar-refractivity contribution < 1.29 is 19.8 Å². The Morgan fingerprint density at radius 3 is 2.79 bits per heavy atom. The number of benzene rings is 1. The number of fused-ring (bicyclic) bond motifs is 1. The van der Waals surface area contributed by atoms with Gasteiger partial charge in [-0.05, 0) is 13.0 Å². The number of para-hydroxylation sites is 1. The molecule has 0 aliphatic rings. The van der Waals surface area contributed by atoms with Crippen LogP contribution in [0.5, 0.6) is 0 Å². The van der Waals surface area contributed by atoms with Gasteiger partial charge in [-0.2, -0.15) is 5.10 Å². The Labute approximate surface area is 108 Å². The molecule has 1 aromatic carbocycles. The second kappa shape index (κ2) is 4.69. The van der Waals surface area contributed by atoms with E-state index >= 15 is 0 Å². The third kappa shape index (κ3) is 2.55. The number of carboxylic acids is 1. The van der Waals surface area contributed by atoms with Crippen molar-refractivity contribution in [3.63, 3.8) is 0 Å². The summed E-state index contributed by atoms with van der Waals surface area (Å²) in [6.45, 7) is 0.709. The number of aromatic nitrogens is 2. The number of aliphatic carboxylic acids is 1. The van der Waals surface area contributed by atoms with Gasteiger partial charge >= 0.3 is 5.97 Å². The smallest absolute Gasteiger partial charge is 0.337 e. The van der Waals surface area contributed by atoms with Gasteiger partial charge in [0.25, 0.3) is 5.91 Å². The molecule has 0 radical (unpaired) electrons. The fourth-order valence-electron chi connectivity index (χ4n) is 1.55. The number of amides is 1. The molecule has 0 fully saturated rings. The molecule has 7 nitrogen and oxygen atoms in total. The number of aromatic amines is 1. The Bertz CT molecular complexity index is 633. The highest BCUT2D eigenvalue weighted by Crippen LogP contribution is 2.14. The first kappa shape index (κ1) is 13.0. The van der Waals surface area contributed by atoms with E-state index in [4.69, 9.17) is 5.11 Å². The van der Waals surface area contributed by atoms with Crippen molar-refractivity contribution in [3.05, 3.63) is 30.0 Å². The lowest BCUT2D eigenvalue weighted by molar-refractivity contribution is -0.155. The molecule has 2 aromatic rings. The van der Waals surface area contributed by atoms with Crippen LogP contribution in [0.25, 0.3) is 10.9 Å². The Morgan fingerprint density at radius 1 is 1.42 bits per heavy atom. The lowest BCUT2D eigenvalue weighted by Gasteiger charge is -2.17. The molecule has 1 unspecified atom stereocenters. The third-order valence-corrected chi connectivity index (χ3v) is 2.74. The third-order valence-electron chi connectivity index (χ3n) is 2.74. The lowest BCUT2D eigenvalue weighted by Crippen LogP contribution is -2.46. The van der Waals surface area contributed by atoms with Crippen molar-refractivity contribution >= 4 is 22.8 Å². The van der Waals surface area contributed by atoms with Gasteiger partial charge in [0, 0.05) is 5.39 Å². The second-order valence-electron chi connectivity index (χ2n) is 4.38. The molecule has 1 amide bonds. The number of carbonyl (C=O) groups is 2. The number of carboxylic acid groups (broad SMARTS) is 1. The molecule has 1 atom stereocenters. The van der Waals surface area contributed by atoms with Crippen molar-refractivity contribution in [1.82, 2.24) is 15.5 Å². The van der Waals surface area contributed by atoms with Crippen LogP contribution in [0.3, 0.4) is 0 Å². The zero-order valence-electron chi connectivity index (χ0n) is 10.2. The summed E-state index contributed by atoms with van der Waals surface area (Å²) in [6, 6.07) is 7.06. The summed E-state index contributed by atoms with van der Waals surface area (Å²) in [5.41, 5.74) is -1.14. The first-order valence-electron chi connectivity index (χ1n) is 5.59. The molecule has 0 saturated heterocycles. The predicted molar refractivity (Wildman–Crippen MR) is 66.7 cm³/mol. The predicted octanol–water partition coefficient (Wildman–Crippen LogP) is 0.128. The average molecular weight is 263 g/mol. The number of nitrogens with one attached hydrogen (secondary N) is 2. The summed E-state index contributed by atoms with van der Waals surface area (Å²) >= 11 is 0. The Balaban J connectivity index is 2.15. The quantitative estimate of drug-likeness (QED) is 0.625. The molecule has 7 heteroatoms. The maximum atomic E-state index is 11.9. The van der Waals surface area contributed by atoms with Crippen LogP contribution in [0.15, 0.2) is 24.3 Å². The lowest BCUT2D eigenvalue weighted by atomic mass is 10.1. The second-order valence-corrected chi connectivity index (χ2v) is 4.38. The van der Waals surface area contributed by atoms with Crippen molar-refractivity contribution in [3.8, 4) is 0 Å². The largest absolute Gasteiger partial charge is 0.479 e. The van der Waals surface area contributed by atoms with Crippen molar-refractivity contribution in [2.45, 2.75) is 12.5 Å². The van der Waals surface area contributed by atoms with E-state index in [9.17, 15) is 14.7 Å². The molecule has 0 aliphatic heterocycles. The number of hydrogen-bond donors (Lipinski definition) is 4. The van der Waals surface area contributed by atoms with E-state index in [1.165, 1.54) is 0 Å². The normalized spacial score (nSPS) is 14.0. The van der Waals surface area contributed by atoms with E-state index in [2.05, 4.69) is 15.5 Å². The highest BCUT2D eigenvalue weighted by molar-refractivity contribution is 6.04. The topological polar surface area (TPSA) is 115 Å². The van der Waals surface area contributed by atoms with Crippen LogP contribution in [-0.2, 0) is 4.79 Å². The van der Waals surface area contributed by atoms with Crippen LogP contribution in [0.4, 0.5) is 0 Å². The van der Waals surface area contributed by atoms with Gasteiger partial charge in [-0.3, -0.25) is 9.89 Å². The first-order chi connectivity index (χ1) is 8.92. The molecule has 1 aromatic heterocycles. The van der Waals surface area contributed by atoms with E-state index in [0.717, 1.165) is 6.92 Å². The molecule has 19 heavy (non-hydrogen) atoms. The Morgan fingerprint density at radius 2 is 2.11 bits per heavy atom. The molecule has 0 bridgehead atoms. The maximum Gasteiger partial charge on any atom is 0.337 e. The van der Waals surface area contributed by atoms with Gasteiger partial charge in [-0.25, -0.2) is 4.79 Å². The van der Waals surface area contributed by atoms with Gasteiger partial charge in [0.1, 0.15) is 0 Å². The molecular weight excluding hydrogens is 250 g/mol. The molecule has 4 N–H and O–H groups in total. The molecule has 0 spiro atoms. The summed E-state index contributed by atoms with van der Waals surface area (Å²) in [4.78, 5) is 22.6. The van der Waals surface area contributed by atoms with E-state index in [1.807, 2.05) is 0 Å². The van der Waals surface area contributed by atoms with E-state index in [1.54, 1.807) is 24.3 Å².